The first-order valence-electron chi connectivity index (χ1n) is 7.14. The van der Waals surface area contributed by atoms with Gasteiger partial charge in [-0.1, -0.05) is 31.2 Å². The molecule has 1 aromatic heterocycles. The van der Waals surface area contributed by atoms with Gasteiger partial charge in [-0.15, -0.1) is 0 Å². The fourth-order valence-corrected chi connectivity index (χ4v) is 2.82. The second-order valence-electron chi connectivity index (χ2n) is 5.16. The van der Waals surface area contributed by atoms with Crippen LogP contribution in [0.2, 0.25) is 0 Å². The summed E-state index contributed by atoms with van der Waals surface area (Å²) in [6.07, 6.45) is 6.63. The van der Waals surface area contributed by atoms with Crippen LogP contribution < -0.4 is 0 Å². The third kappa shape index (κ3) is 2.64. The molecule has 1 aliphatic heterocycles. The molecule has 1 saturated heterocycles. The van der Waals surface area contributed by atoms with Crippen molar-refractivity contribution in [1.29, 1.82) is 0 Å². The molecule has 0 atom stereocenters. The molecule has 0 unspecified atom stereocenters. The standard InChI is InChI=1S/C17H20N2/c1-2-11-19-12-8-15(9-13-19)17-16-6-4-3-5-14(16)7-10-18-17/h3-8,10H,2,9,11-13H2,1H3. The van der Waals surface area contributed by atoms with Crippen molar-refractivity contribution in [2.24, 2.45) is 0 Å². The van der Waals surface area contributed by atoms with Gasteiger partial charge in [0.15, 0.2) is 0 Å². The third-order valence-electron chi connectivity index (χ3n) is 3.81. The summed E-state index contributed by atoms with van der Waals surface area (Å²) in [6, 6.07) is 10.6. The molecule has 2 aromatic rings. The molecule has 0 N–H and O–H groups in total. The van der Waals surface area contributed by atoms with Crippen molar-refractivity contribution in [3.8, 4) is 0 Å². The first-order chi connectivity index (χ1) is 9.38. The van der Waals surface area contributed by atoms with Gasteiger partial charge < -0.3 is 4.90 Å². The summed E-state index contributed by atoms with van der Waals surface area (Å²) >= 11 is 0. The van der Waals surface area contributed by atoms with E-state index in [9.17, 15) is 0 Å². The van der Waals surface area contributed by atoms with E-state index in [1.807, 2.05) is 6.20 Å². The Bertz CT molecular complexity index is 536. The Hall–Kier alpha value is -1.41. The number of benzene rings is 1. The number of rotatable bonds is 3. The van der Waals surface area contributed by atoms with Crippen LogP contribution >= 0.6 is 0 Å². The maximum absolute atomic E-state index is 4.61. The van der Waals surface area contributed by atoms with Gasteiger partial charge in [0.05, 0.1) is 5.69 Å². The number of piperidine rings is 1. The Morgan fingerprint density at radius 3 is 2.89 bits per heavy atom. The topological polar surface area (TPSA) is 16.1 Å². The molecule has 0 saturated carbocycles. The summed E-state index contributed by atoms with van der Waals surface area (Å²) in [6.45, 7) is 5.66. The van der Waals surface area contributed by atoms with E-state index < -0.39 is 0 Å². The molecular formula is C17H20N2. The zero-order valence-corrected chi connectivity index (χ0v) is 11.5. The van der Waals surface area contributed by atoms with Crippen LogP contribution in [0.25, 0.3) is 10.8 Å². The molecule has 2 heteroatoms. The van der Waals surface area contributed by atoms with E-state index in [0.29, 0.717) is 0 Å². The monoisotopic (exact) mass is 252 g/mol. The van der Waals surface area contributed by atoms with Crippen LogP contribution in [0, 0.1) is 12.3 Å². The van der Waals surface area contributed by atoms with Crippen molar-refractivity contribution >= 4 is 10.8 Å². The quantitative estimate of drug-likeness (QED) is 0.831. The first kappa shape index (κ1) is 12.6. The number of hydrogen-bond acceptors (Lipinski definition) is 2. The van der Waals surface area contributed by atoms with Crippen molar-refractivity contribution < 1.29 is 0 Å². The van der Waals surface area contributed by atoms with Crippen molar-refractivity contribution in [2.45, 2.75) is 19.8 Å². The summed E-state index contributed by atoms with van der Waals surface area (Å²) < 4.78 is 0. The lowest BCUT2D eigenvalue weighted by molar-refractivity contribution is 0.274. The maximum Gasteiger partial charge on any atom is 0.0557 e. The van der Waals surface area contributed by atoms with Gasteiger partial charge in [0.25, 0.3) is 0 Å². The van der Waals surface area contributed by atoms with Crippen LogP contribution in [-0.4, -0.2) is 29.5 Å². The smallest absolute Gasteiger partial charge is 0.0557 e. The molecule has 2 nitrogen and oxygen atoms in total. The minimum Gasteiger partial charge on any atom is -0.303 e. The average Bonchev–Trinajstić information content (AvgIpc) is 2.48. The summed E-state index contributed by atoms with van der Waals surface area (Å²) in [5.74, 6) is 1.41. The Labute approximate surface area is 115 Å². The van der Waals surface area contributed by atoms with Crippen molar-refractivity contribution in [3.05, 3.63) is 54.6 Å². The second-order valence-corrected chi connectivity index (χ2v) is 5.16. The minimum absolute atomic E-state index is 1.06. The van der Waals surface area contributed by atoms with Crippen molar-refractivity contribution in [2.75, 3.05) is 19.6 Å². The Kier molecular flexibility index (Phi) is 3.79. The molecule has 0 bridgehead atoms. The highest BCUT2D eigenvalue weighted by molar-refractivity contribution is 5.86. The molecule has 2 radical (unpaired) electrons. The second kappa shape index (κ2) is 5.70. The first-order valence-corrected chi connectivity index (χ1v) is 7.14. The predicted molar refractivity (Wildman–Crippen MR) is 79.7 cm³/mol. The molecular weight excluding hydrogens is 232 g/mol. The van der Waals surface area contributed by atoms with Gasteiger partial charge in [0.2, 0.25) is 0 Å². The van der Waals surface area contributed by atoms with Crippen LogP contribution in [0.1, 0.15) is 25.5 Å². The molecule has 3 rings (SSSR count). The van der Waals surface area contributed by atoms with E-state index in [1.54, 1.807) is 0 Å². The Balaban J connectivity index is 1.82. The van der Waals surface area contributed by atoms with E-state index in [2.05, 4.69) is 53.6 Å². The van der Waals surface area contributed by atoms with Gasteiger partial charge >= 0.3 is 0 Å². The van der Waals surface area contributed by atoms with Gasteiger partial charge in [0.1, 0.15) is 0 Å². The number of nitrogens with zero attached hydrogens (tertiary/aromatic N) is 2. The number of pyridine rings is 1. The fourth-order valence-electron chi connectivity index (χ4n) is 2.82. The SMILES string of the molecule is CCCN1C[CH][C](c2nccc3ccccc23)CC1. The largest absolute Gasteiger partial charge is 0.303 e. The van der Waals surface area contributed by atoms with Crippen molar-refractivity contribution in [3.63, 3.8) is 0 Å². The molecule has 0 aliphatic carbocycles. The van der Waals surface area contributed by atoms with Gasteiger partial charge in [-0.05, 0) is 43.8 Å². The van der Waals surface area contributed by atoms with Crippen LogP contribution in [-0.2, 0) is 0 Å². The Morgan fingerprint density at radius 2 is 2.11 bits per heavy atom. The molecule has 1 fully saturated rings. The fraction of sp³-hybridized carbons (Fsp3) is 0.353. The van der Waals surface area contributed by atoms with Gasteiger partial charge in [-0.25, -0.2) is 0 Å². The highest BCUT2D eigenvalue weighted by Gasteiger charge is 2.23. The molecule has 1 aromatic carbocycles. The summed E-state index contributed by atoms with van der Waals surface area (Å²) in [7, 11) is 0. The van der Waals surface area contributed by atoms with Gasteiger partial charge in [-0.2, -0.15) is 0 Å². The highest BCUT2D eigenvalue weighted by atomic mass is 15.1. The van der Waals surface area contributed by atoms with Gasteiger partial charge in [0, 0.05) is 24.0 Å². The molecule has 0 amide bonds. The lowest BCUT2D eigenvalue weighted by Gasteiger charge is -2.31. The van der Waals surface area contributed by atoms with Crippen LogP contribution in [0.3, 0.4) is 0 Å². The van der Waals surface area contributed by atoms with Gasteiger partial charge in [-0.3, -0.25) is 4.98 Å². The normalized spacial score (nSPS) is 17.9. The number of fused-ring (bicyclic) bond motifs is 1. The zero-order chi connectivity index (χ0) is 13.1. The summed E-state index contributed by atoms with van der Waals surface area (Å²) in [5, 5.41) is 2.56. The summed E-state index contributed by atoms with van der Waals surface area (Å²) in [5.41, 5.74) is 1.18. The van der Waals surface area contributed by atoms with Crippen LogP contribution in [0.4, 0.5) is 0 Å². The lowest BCUT2D eigenvalue weighted by atomic mass is 9.90. The number of aromatic nitrogens is 1. The van der Waals surface area contributed by atoms with Crippen LogP contribution in [0.5, 0.6) is 0 Å². The minimum atomic E-state index is 1.06. The Morgan fingerprint density at radius 1 is 1.21 bits per heavy atom. The molecule has 0 spiro atoms. The zero-order valence-electron chi connectivity index (χ0n) is 11.5. The van der Waals surface area contributed by atoms with E-state index in [-0.39, 0.29) is 0 Å². The highest BCUT2D eigenvalue weighted by Crippen LogP contribution is 2.29. The molecule has 19 heavy (non-hydrogen) atoms. The van der Waals surface area contributed by atoms with E-state index in [0.717, 1.165) is 19.5 Å². The number of likely N-dealkylation sites (tertiary alicyclic amines) is 1. The maximum atomic E-state index is 4.61. The van der Waals surface area contributed by atoms with E-state index >= 15 is 0 Å². The van der Waals surface area contributed by atoms with E-state index in [4.69, 9.17) is 0 Å². The predicted octanol–water partition coefficient (Wildman–Crippen LogP) is 3.48. The van der Waals surface area contributed by atoms with E-state index in [1.165, 1.54) is 35.3 Å². The molecule has 1 aliphatic rings. The molecule has 2 heterocycles. The number of hydrogen-bond donors (Lipinski definition) is 0. The third-order valence-corrected chi connectivity index (χ3v) is 3.81. The lowest BCUT2D eigenvalue weighted by Crippen LogP contribution is -2.34. The average molecular weight is 252 g/mol. The van der Waals surface area contributed by atoms with Crippen molar-refractivity contribution in [1.82, 2.24) is 9.88 Å². The molecule has 98 valence electrons. The van der Waals surface area contributed by atoms with Crippen LogP contribution in [0.15, 0.2) is 36.5 Å². The summed E-state index contributed by atoms with van der Waals surface area (Å²) in [4.78, 5) is 7.12.